The number of halogens is 1. The summed E-state index contributed by atoms with van der Waals surface area (Å²) in [6.45, 7) is 1.64. The molecule has 0 aliphatic heterocycles. The van der Waals surface area contributed by atoms with Crippen LogP contribution in [0.3, 0.4) is 0 Å². The van der Waals surface area contributed by atoms with E-state index in [1.165, 1.54) is 22.9 Å². The number of nitrogens with one attached hydrogen (secondary N) is 1. The van der Waals surface area contributed by atoms with E-state index in [2.05, 4.69) is 5.32 Å². The van der Waals surface area contributed by atoms with Crippen molar-refractivity contribution in [3.05, 3.63) is 88.3 Å². The van der Waals surface area contributed by atoms with Gasteiger partial charge in [-0.2, -0.15) is 0 Å². The second-order valence-corrected chi connectivity index (χ2v) is 6.13. The van der Waals surface area contributed by atoms with E-state index in [4.69, 9.17) is 16.3 Å². The molecule has 1 heterocycles. The minimum atomic E-state index is -0.693. The molecule has 132 valence electrons. The highest BCUT2D eigenvalue weighted by Crippen LogP contribution is 2.23. The first-order valence-electron chi connectivity index (χ1n) is 8.04. The maximum absolute atomic E-state index is 12.4. The SMILES string of the molecule is CC(C(=O)Nc1ccc(Oc2ccccc2)cc1)n1cc(Cl)ccc1=O. The van der Waals surface area contributed by atoms with Crippen molar-refractivity contribution in [2.75, 3.05) is 5.32 Å². The largest absolute Gasteiger partial charge is 0.457 e. The van der Waals surface area contributed by atoms with Crippen LogP contribution in [-0.4, -0.2) is 10.5 Å². The van der Waals surface area contributed by atoms with Crippen LogP contribution in [0.4, 0.5) is 5.69 Å². The van der Waals surface area contributed by atoms with E-state index in [0.29, 0.717) is 16.5 Å². The number of pyridine rings is 1. The number of anilines is 1. The van der Waals surface area contributed by atoms with Gasteiger partial charge in [0.25, 0.3) is 5.56 Å². The molecule has 26 heavy (non-hydrogen) atoms. The van der Waals surface area contributed by atoms with Crippen molar-refractivity contribution in [3.8, 4) is 11.5 Å². The lowest BCUT2D eigenvalue weighted by Crippen LogP contribution is -2.30. The Labute approximate surface area is 155 Å². The standard InChI is InChI=1S/C20H17ClN2O3/c1-14(23-13-15(21)7-12-19(23)24)20(25)22-16-8-10-18(11-9-16)26-17-5-3-2-4-6-17/h2-14H,1H3,(H,22,25). The molecule has 2 aromatic carbocycles. The second kappa shape index (κ2) is 7.89. The zero-order valence-electron chi connectivity index (χ0n) is 14.1. The molecule has 1 aromatic heterocycles. The highest BCUT2D eigenvalue weighted by atomic mass is 35.5. The molecule has 0 saturated carbocycles. The van der Waals surface area contributed by atoms with Crippen LogP contribution in [0.15, 0.2) is 77.7 Å². The number of carbonyl (C=O) groups excluding carboxylic acids is 1. The fourth-order valence-electron chi connectivity index (χ4n) is 2.38. The third-order valence-electron chi connectivity index (χ3n) is 3.80. The Morgan fingerprint density at radius 3 is 2.35 bits per heavy atom. The Kier molecular flexibility index (Phi) is 5.39. The lowest BCUT2D eigenvalue weighted by Gasteiger charge is -2.15. The molecule has 6 heteroatoms. The molecule has 3 rings (SSSR count). The monoisotopic (exact) mass is 368 g/mol. The predicted octanol–water partition coefficient (Wildman–Crippen LogP) is 4.49. The molecule has 5 nitrogen and oxygen atoms in total. The van der Waals surface area contributed by atoms with Gasteiger partial charge in [0.1, 0.15) is 17.5 Å². The smallest absolute Gasteiger partial charge is 0.251 e. The summed E-state index contributed by atoms with van der Waals surface area (Å²) in [4.78, 5) is 24.3. The molecular formula is C20H17ClN2O3. The van der Waals surface area contributed by atoms with Crippen molar-refractivity contribution in [2.45, 2.75) is 13.0 Å². The van der Waals surface area contributed by atoms with Crippen LogP contribution < -0.4 is 15.6 Å². The predicted molar refractivity (Wildman–Crippen MR) is 102 cm³/mol. The molecule has 1 atom stereocenters. The Bertz CT molecular complexity index is 953. The molecule has 0 spiro atoms. The maximum Gasteiger partial charge on any atom is 0.251 e. The van der Waals surface area contributed by atoms with Gasteiger partial charge in [0.05, 0.1) is 5.02 Å². The maximum atomic E-state index is 12.4. The molecule has 0 radical (unpaired) electrons. The van der Waals surface area contributed by atoms with E-state index in [0.717, 1.165) is 5.75 Å². The van der Waals surface area contributed by atoms with E-state index in [-0.39, 0.29) is 11.5 Å². The second-order valence-electron chi connectivity index (χ2n) is 5.70. The summed E-state index contributed by atoms with van der Waals surface area (Å²) in [5.41, 5.74) is 0.320. The highest BCUT2D eigenvalue weighted by Gasteiger charge is 2.16. The normalized spacial score (nSPS) is 11.6. The fraction of sp³-hybridized carbons (Fsp3) is 0.100. The minimum Gasteiger partial charge on any atom is -0.457 e. The van der Waals surface area contributed by atoms with E-state index in [9.17, 15) is 9.59 Å². The van der Waals surface area contributed by atoms with Crippen molar-refractivity contribution in [3.63, 3.8) is 0 Å². The first-order chi connectivity index (χ1) is 12.5. The molecule has 0 fully saturated rings. The van der Waals surface area contributed by atoms with Crippen LogP contribution in [-0.2, 0) is 4.79 Å². The van der Waals surface area contributed by atoms with Crippen LogP contribution in [0, 0.1) is 0 Å². The van der Waals surface area contributed by atoms with Gasteiger partial charge >= 0.3 is 0 Å². The van der Waals surface area contributed by atoms with Gasteiger partial charge in [0.15, 0.2) is 0 Å². The average molecular weight is 369 g/mol. The number of carbonyl (C=O) groups is 1. The Morgan fingerprint density at radius 1 is 1.00 bits per heavy atom. The Morgan fingerprint density at radius 2 is 1.65 bits per heavy atom. The number of aromatic nitrogens is 1. The summed E-state index contributed by atoms with van der Waals surface area (Å²) < 4.78 is 7.01. The molecular weight excluding hydrogens is 352 g/mol. The number of hydrogen-bond acceptors (Lipinski definition) is 3. The van der Waals surface area contributed by atoms with E-state index in [1.54, 1.807) is 31.2 Å². The minimum absolute atomic E-state index is 0.288. The van der Waals surface area contributed by atoms with Gasteiger partial charge in [-0.1, -0.05) is 29.8 Å². The van der Waals surface area contributed by atoms with Crippen molar-refractivity contribution in [2.24, 2.45) is 0 Å². The van der Waals surface area contributed by atoms with Gasteiger partial charge in [0, 0.05) is 18.0 Å². The number of amides is 1. The van der Waals surface area contributed by atoms with Gasteiger partial charge in [-0.25, -0.2) is 0 Å². The third-order valence-corrected chi connectivity index (χ3v) is 4.02. The van der Waals surface area contributed by atoms with Crippen LogP contribution in [0.5, 0.6) is 11.5 Å². The topological polar surface area (TPSA) is 60.3 Å². The zero-order chi connectivity index (χ0) is 18.5. The highest BCUT2D eigenvalue weighted by molar-refractivity contribution is 6.30. The number of benzene rings is 2. The van der Waals surface area contributed by atoms with E-state index < -0.39 is 6.04 Å². The zero-order valence-corrected chi connectivity index (χ0v) is 14.8. The fourth-order valence-corrected chi connectivity index (χ4v) is 2.55. The number of hydrogen-bond donors (Lipinski definition) is 1. The number of ether oxygens (including phenoxy) is 1. The van der Waals surface area contributed by atoms with Gasteiger partial charge in [0.2, 0.25) is 5.91 Å². The lowest BCUT2D eigenvalue weighted by molar-refractivity contribution is -0.118. The first kappa shape index (κ1) is 17.8. The molecule has 0 saturated heterocycles. The summed E-state index contributed by atoms with van der Waals surface area (Å²) in [6.07, 6.45) is 1.45. The number of nitrogens with zero attached hydrogens (tertiary/aromatic N) is 1. The van der Waals surface area contributed by atoms with Crippen LogP contribution in [0.2, 0.25) is 5.02 Å². The van der Waals surface area contributed by atoms with Gasteiger partial charge in [-0.15, -0.1) is 0 Å². The van der Waals surface area contributed by atoms with Crippen molar-refractivity contribution < 1.29 is 9.53 Å². The summed E-state index contributed by atoms with van der Waals surface area (Å²) in [7, 11) is 0. The summed E-state index contributed by atoms with van der Waals surface area (Å²) in [5, 5.41) is 3.18. The van der Waals surface area contributed by atoms with Crippen LogP contribution >= 0.6 is 11.6 Å². The van der Waals surface area contributed by atoms with Crippen LogP contribution in [0.25, 0.3) is 0 Å². The van der Waals surface area contributed by atoms with E-state index in [1.807, 2.05) is 30.3 Å². The summed E-state index contributed by atoms with van der Waals surface area (Å²) >= 11 is 5.90. The molecule has 0 aliphatic rings. The first-order valence-corrected chi connectivity index (χ1v) is 8.42. The van der Waals surface area contributed by atoms with Gasteiger partial charge in [-0.05, 0) is 49.4 Å². The molecule has 1 N–H and O–H groups in total. The molecule has 3 aromatic rings. The quantitative estimate of drug-likeness (QED) is 0.721. The van der Waals surface area contributed by atoms with Crippen molar-refractivity contribution in [1.82, 2.24) is 4.57 Å². The molecule has 0 bridgehead atoms. The van der Waals surface area contributed by atoms with Crippen molar-refractivity contribution in [1.29, 1.82) is 0 Å². The lowest BCUT2D eigenvalue weighted by atomic mass is 10.2. The molecule has 0 aliphatic carbocycles. The Balaban J connectivity index is 1.67. The summed E-state index contributed by atoms with van der Waals surface area (Å²) in [6, 6.07) is 18.6. The average Bonchev–Trinajstić information content (AvgIpc) is 2.65. The summed E-state index contributed by atoms with van der Waals surface area (Å²) in [5.74, 6) is 1.08. The number of rotatable bonds is 5. The Hall–Kier alpha value is -3.05. The third kappa shape index (κ3) is 4.32. The number of para-hydroxylation sites is 1. The van der Waals surface area contributed by atoms with E-state index >= 15 is 0 Å². The molecule has 1 amide bonds. The van der Waals surface area contributed by atoms with Gasteiger partial charge < -0.3 is 14.6 Å². The van der Waals surface area contributed by atoms with Crippen molar-refractivity contribution >= 4 is 23.2 Å². The van der Waals surface area contributed by atoms with Crippen LogP contribution in [0.1, 0.15) is 13.0 Å². The molecule has 1 unspecified atom stereocenters. The van der Waals surface area contributed by atoms with Gasteiger partial charge in [-0.3, -0.25) is 9.59 Å².